The summed E-state index contributed by atoms with van der Waals surface area (Å²) in [6, 6.07) is -1.37. The van der Waals surface area contributed by atoms with Gasteiger partial charge in [-0.2, -0.15) is 0 Å². The van der Waals surface area contributed by atoms with Crippen LogP contribution in [0.1, 0.15) is 39.5 Å². The lowest BCUT2D eigenvalue weighted by Crippen LogP contribution is -2.54. The van der Waals surface area contributed by atoms with Crippen LogP contribution in [0.2, 0.25) is 0 Å². The quantitative estimate of drug-likeness (QED) is 0.773. The Bertz CT molecular complexity index is 417. The highest BCUT2D eigenvalue weighted by Crippen LogP contribution is 2.29. The number of likely N-dealkylation sites (tertiary alicyclic amines) is 1. The van der Waals surface area contributed by atoms with Gasteiger partial charge in [0.25, 0.3) is 0 Å². The van der Waals surface area contributed by atoms with E-state index in [4.69, 9.17) is 5.11 Å². The number of amides is 2. The van der Waals surface area contributed by atoms with Crippen molar-refractivity contribution in [3.63, 3.8) is 0 Å². The molecule has 2 atom stereocenters. The first-order valence-electron chi connectivity index (χ1n) is 7.25. The average Bonchev–Trinajstić information content (AvgIpc) is 3.11. The highest BCUT2D eigenvalue weighted by molar-refractivity contribution is 5.92. The molecular formula is C14H22N2O4. The minimum Gasteiger partial charge on any atom is -0.480 e. The first kappa shape index (κ1) is 14.8. The van der Waals surface area contributed by atoms with Gasteiger partial charge in [-0.15, -0.1) is 0 Å². The summed E-state index contributed by atoms with van der Waals surface area (Å²) in [7, 11) is 0. The summed E-state index contributed by atoms with van der Waals surface area (Å²) in [5, 5.41) is 11.9. The van der Waals surface area contributed by atoms with E-state index in [2.05, 4.69) is 5.32 Å². The molecule has 2 N–H and O–H groups in total. The van der Waals surface area contributed by atoms with Gasteiger partial charge in [-0.1, -0.05) is 13.8 Å². The fourth-order valence-electron chi connectivity index (χ4n) is 2.60. The topological polar surface area (TPSA) is 86.7 Å². The Morgan fingerprint density at radius 2 is 1.85 bits per heavy atom. The molecular weight excluding hydrogens is 260 g/mol. The third-order valence-electron chi connectivity index (χ3n) is 4.00. The second kappa shape index (κ2) is 5.81. The molecule has 1 aliphatic carbocycles. The molecule has 1 saturated heterocycles. The molecule has 1 saturated carbocycles. The van der Waals surface area contributed by atoms with E-state index in [1.54, 1.807) is 0 Å². The Labute approximate surface area is 118 Å². The highest BCUT2D eigenvalue weighted by Gasteiger charge is 2.40. The number of hydrogen-bond donors (Lipinski definition) is 2. The van der Waals surface area contributed by atoms with Crippen LogP contribution in [0.3, 0.4) is 0 Å². The van der Waals surface area contributed by atoms with Gasteiger partial charge in [-0.3, -0.25) is 9.59 Å². The van der Waals surface area contributed by atoms with Crippen LogP contribution < -0.4 is 5.32 Å². The van der Waals surface area contributed by atoms with E-state index in [0.717, 1.165) is 12.8 Å². The molecule has 0 aromatic heterocycles. The summed E-state index contributed by atoms with van der Waals surface area (Å²) in [6.07, 6.45) is 2.95. The zero-order valence-corrected chi connectivity index (χ0v) is 12.0. The maximum absolute atomic E-state index is 12.5. The van der Waals surface area contributed by atoms with Crippen molar-refractivity contribution in [1.29, 1.82) is 0 Å². The van der Waals surface area contributed by atoms with Crippen LogP contribution in [-0.4, -0.2) is 46.4 Å². The van der Waals surface area contributed by atoms with Gasteiger partial charge in [0.1, 0.15) is 12.1 Å². The summed E-state index contributed by atoms with van der Waals surface area (Å²) < 4.78 is 0. The second-order valence-corrected chi connectivity index (χ2v) is 6.03. The standard InChI is InChI=1S/C14H22N2O4/c1-8(2)11(15-12(17)9-5-6-9)13(18)16-7-3-4-10(16)14(19)20/h8-11H,3-7H2,1-2H3,(H,15,17)(H,19,20)/t10-,11+/m0/s1. The first-order chi connectivity index (χ1) is 9.41. The first-order valence-corrected chi connectivity index (χ1v) is 7.25. The van der Waals surface area contributed by atoms with E-state index in [-0.39, 0.29) is 23.7 Å². The van der Waals surface area contributed by atoms with Crippen molar-refractivity contribution in [1.82, 2.24) is 10.2 Å². The van der Waals surface area contributed by atoms with Crippen LogP contribution >= 0.6 is 0 Å². The molecule has 0 unspecified atom stereocenters. The average molecular weight is 282 g/mol. The molecule has 6 nitrogen and oxygen atoms in total. The summed E-state index contributed by atoms with van der Waals surface area (Å²) in [6.45, 7) is 4.18. The van der Waals surface area contributed by atoms with Crippen LogP contribution in [0.15, 0.2) is 0 Å². The lowest BCUT2D eigenvalue weighted by Gasteiger charge is -2.29. The van der Waals surface area contributed by atoms with Crippen molar-refractivity contribution in [3.05, 3.63) is 0 Å². The molecule has 2 rings (SSSR count). The van der Waals surface area contributed by atoms with E-state index in [1.807, 2.05) is 13.8 Å². The largest absolute Gasteiger partial charge is 0.480 e. The third-order valence-corrected chi connectivity index (χ3v) is 4.00. The maximum atomic E-state index is 12.5. The van der Waals surface area contributed by atoms with E-state index in [9.17, 15) is 14.4 Å². The van der Waals surface area contributed by atoms with Gasteiger partial charge in [0.15, 0.2) is 0 Å². The molecule has 2 fully saturated rings. The van der Waals surface area contributed by atoms with Crippen molar-refractivity contribution in [2.45, 2.75) is 51.6 Å². The molecule has 6 heteroatoms. The monoisotopic (exact) mass is 282 g/mol. The normalized spacial score (nSPS) is 23.8. The van der Waals surface area contributed by atoms with Crippen molar-refractivity contribution in [3.8, 4) is 0 Å². The van der Waals surface area contributed by atoms with Gasteiger partial charge in [0, 0.05) is 12.5 Å². The van der Waals surface area contributed by atoms with Crippen LogP contribution in [-0.2, 0) is 14.4 Å². The van der Waals surface area contributed by atoms with Gasteiger partial charge >= 0.3 is 5.97 Å². The van der Waals surface area contributed by atoms with Crippen LogP contribution in [0, 0.1) is 11.8 Å². The van der Waals surface area contributed by atoms with Crippen LogP contribution in [0.5, 0.6) is 0 Å². The fraction of sp³-hybridized carbons (Fsp3) is 0.786. The minimum absolute atomic E-state index is 0.0397. The Balaban J connectivity index is 2.05. The molecule has 0 spiro atoms. The molecule has 0 bridgehead atoms. The SMILES string of the molecule is CC(C)[C@@H](NC(=O)C1CC1)C(=O)N1CCC[C@H]1C(=O)O. The second-order valence-electron chi connectivity index (χ2n) is 6.03. The van der Waals surface area contributed by atoms with Gasteiger partial charge in [-0.05, 0) is 31.6 Å². The molecule has 2 aliphatic rings. The number of hydrogen-bond acceptors (Lipinski definition) is 3. The molecule has 0 radical (unpaired) electrons. The Hall–Kier alpha value is -1.59. The number of nitrogens with one attached hydrogen (secondary N) is 1. The van der Waals surface area contributed by atoms with Crippen molar-refractivity contribution >= 4 is 17.8 Å². The number of aliphatic carboxylic acids is 1. The van der Waals surface area contributed by atoms with Crippen molar-refractivity contribution in [2.75, 3.05) is 6.54 Å². The van der Waals surface area contributed by atoms with E-state index >= 15 is 0 Å². The number of carboxylic acid groups (broad SMARTS) is 1. The molecule has 2 amide bonds. The zero-order valence-electron chi connectivity index (χ0n) is 12.0. The lowest BCUT2D eigenvalue weighted by molar-refractivity contribution is -0.150. The molecule has 20 heavy (non-hydrogen) atoms. The smallest absolute Gasteiger partial charge is 0.326 e. The maximum Gasteiger partial charge on any atom is 0.326 e. The van der Waals surface area contributed by atoms with Crippen molar-refractivity contribution < 1.29 is 19.5 Å². The van der Waals surface area contributed by atoms with Crippen LogP contribution in [0.4, 0.5) is 0 Å². The van der Waals surface area contributed by atoms with Crippen LogP contribution in [0.25, 0.3) is 0 Å². The summed E-state index contributed by atoms with van der Waals surface area (Å²) >= 11 is 0. The Morgan fingerprint density at radius 1 is 1.20 bits per heavy atom. The Morgan fingerprint density at radius 3 is 2.35 bits per heavy atom. The molecule has 1 heterocycles. The lowest BCUT2D eigenvalue weighted by atomic mass is 10.0. The number of carboxylic acids is 1. The van der Waals surface area contributed by atoms with Gasteiger partial charge in [-0.25, -0.2) is 4.79 Å². The summed E-state index contributed by atoms with van der Waals surface area (Å²) in [5.41, 5.74) is 0. The molecule has 112 valence electrons. The zero-order chi connectivity index (χ0) is 14.9. The third kappa shape index (κ3) is 3.11. The molecule has 0 aromatic rings. The Kier molecular flexibility index (Phi) is 4.30. The van der Waals surface area contributed by atoms with Gasteiger partial charge in [0.05, 0.1) is 0 Å². The van der Waals surface area contributed by atoms with Gasteiger partial charge in [0.2, 0.25) is 11.8 Å². The predicted octanol–water partition coefficient (Wildman–Crippen LogP) is 0.613. The molecule has 0 aromatic carbocycles. The van der Waals surface area contributed by atoms with E-state index in [1.165, 1.54) is 4.90 Å². The predicted molar refractivity (Wildman–Crippen MR) is 71.9 cm³/mol. The highest BCUT2D eigenvalue weighted by atomic mass is 16.4. The van der Waals surface area contributed by atoms with Gasteiger partial charge < -0.3 is 15.3 Å². The minimum atomic E-state index is -0.966. The number of carbonyl (C=O) groups excluding carboxylic acids is 2. The van der Waals surface area contributed by atoms with Crippen molar-refractivity contribution in [2.24, 2.45) is 11.8 Å². The number of nitrogens with zero attached hydrogens (tertiary/aromatic N) is 1. The van der Waals surface area contributed by atoms with E-state index in [0.29, 0.717) is 19.4 Å². The van der Waals surface area contributed by atoms with E-state index < -0.39 is 18.1 Å². The summed E-state index contributed by atoms with van der Waals surface area (Å²) in [4.78, 5) is 37.0. The molecule has 1 aliphatic heterocycles. The summed E-state index contributed by atoms with van der Waals surface area (Å²) in [5.74, 6) is -1.33. The number of carbonyl (C=O) groups is 3. The number of rotatable bonds is 5. The fourth-order valence-corrected chi connectivity index (χ4v) is 2.60.